The van der Waals surface area contributed by atoms with E-state index in [1.165, 1.54) is 0 Å². The number of morpholine rings is 1. The van der Waals surface area contributed by atoms with E-state index in [4.69, 9.17) is 10.5 Å². The summed E-state index contributed by atoms with van der Waals surface area (Å²) in [5.74, 6) is 0.503. The molecule has 1 saturated heterocycles. The van der Waals surface area contributed by atoms with Crippen LogP contribution < -0.4 is 5.73 Å². The molecule has 1 amide bonds. The lowest BCUT2D eigenvalue weighted by atomic mass is 9.96. The average molecular weight is 256 g/mol. The van der Waals surface area contributed by atoms with Gasteiger partial charge in [-0.05, 0) is 40.2 Å². The maximum atomic E-state index is 12.3. The summed E-state index contributed by atoms with van der Waals surface area (Å²) in [5, 5.41) is 0. The Bertz CT molecular complexity index is 280. The fourth-order valence-corrected chi connectivity index (χ4v) is 2.73. The first kappa shape index (κ1) is 15.4. The van der Waals surface area contributed by atoms with Crippen molar-refractivity contribution in [3.05, 3.63) is 0 Å². The summed E-state index contributed by atoms with van der Waals surface area (Å²) in [6, 6.07) is 0. The number of carbonyl (C=O) groups excluding carboxylic acids is 1. The lowest BCUT2D eigenvalue weighted by Gasteiger charge is -2.47. The number of hydrogen-bond acceptors (Lipinski definition) is 3. The predicted octanol–water partition coefficient (Wildman–Crippen LogP) is 1.78. The molecular weight excluding hydrogens is 228 g/mol. The molecule has 0 aromatic heterocycles. The normalized spacial score (nSPS) is 23.8. The summed E-state index contributed by atoms with van der Waals surface area (Å²) in [6.07, 6.45) is 1.51. The standard InChI is InChI=1S/C14H28N2O2/c1-6-11(8-15)7-12(17)16-9-13(2,3)18-14(4,5)10-16/h11H,6-10,15H2,1-5H3. The van der Waals surface area contributed by atoms with E-state index in [0.717, 1.165) is 6.42 Å². The van der Waals surface area contributed by atoms with E-state index < -0.39 is 0 Å². The third-order valence-corrected chi connectivity index (χ3v) is 3.42. The van der Waals surface area contributed by atoms with Crippen molar-refractivity contribution in [2.75, 3.05) is 19.6 Å². The predicted molar refractivity (Wildman–Crippen MR) is 73.3 cm³/mol. The molecule has 18 heavy (non-hydrogen) atoms. The first-order valence-corrected chi connectivity index (χ1v) is 6.87. The van der Waals surface area contributed by atoms with E-state index in [1.807, 2.05) is 32.6 Å². The number of nitrogens with zero attached hydrogens (tertiary/aromatic N) is 1. The lowest BCUT2D eigenvalue weighted by molar-refractivity contribution is -0.188. The van der Waals surface area contributed by atoms with Crippen molar-refractivity contribution in [2.24, 2.45) is 11.7 Å². The zero-order chi connectivity index (χ0) is 14.0. The molecule has 0 radical (unpaired) electrons. The Balaban J connectivity index is 2.68. The average Bonchev–Trinajstić information content (AvgIpc) is 2.21. The van der Waals surface area contributed by atoms with Crippen molar-refractivity contribution in [3.8, 4) is 0 Å². The van der Waals surface area contributed by atoms with Crippen LogP contribution >= 0.6 is 0 Å². The number of amides is 1. The molecule has 1 unspecified atom stereocenters. The van der Waals surface area contributed by atoms with Crippen LogP contribution in [0.4, 0.5) is 0 Å². The third kappa shape index (κ3) is 4.25. The Hall–Kier alpha value is -0.610. The molecular formula is C14H28N2O2. The Morgan fingerprint density at radius 1 is 1.28 bits per heavy atom. The molecule has 0 spiro atoms. The molecule has 2 N–H and O–H groups in total. The van der Waals surface area contributed by atoms with E-state index in [1.54, 1.807) is 0 Å². The van der Waals surface area contributed by atoms with Crippen molar-refractivity contribution >= 4 is 5.91 Å². The number of rotatable bonds is 4. The number of nitrogens with two attached hydrogens (primary N) is 1. The fourth-order valence-electron chi connectivity index (χ4n) is 2.73. The van der Waals surface area contributed by atoms with Gasteiger partial charge in [-0.2, -0.15) is 0 Å². The van der Waals surface area contributed by atoms with Crippen LogP contribution in [0, 0.1) is 5.92 Å². The van der Waals surface area contributed by atoms with Gasteiger partial charge < -0.3 is 15.4 Å². The summed E-state index contributed by atoms with van der Waals surface area (Å²) in [5.41, 5.74) is 5.12. The van der Waals surface area contributed by atoms with Crippen molar-refractivity contribution < 1.29 is 9.53 Å². The van der Waals surface area contributed by atoms with Crippen molar-refractivity contribution in [3.63, 3.8) is 0 Å². The second-order valence-corrected chi connectivity index (χ2v) is 6.59. The number of hydrogen-bond donors (Lipinski definition) is 1. The minimum absolute atomic E-state index is 0.205. The number of carbonyl (C=O) groups is 1. The van der Waals surface area contributed by atoms with Crippen molar-refractivity contribution in [1.82, 2.24) is 4.90 Å². The lowest BCUT2D eigenvalue weighted by Crippen LogP contribution is -2.58. The Morgan fingerprint density at radius 2 is 1.78 bits per heavy atom. The van der Waals surface area contributed by atoms with Crippen LogP contribution in [0.1, 0.15) is 47.5 Å². The summed E-state index contributed by atoms with van der Waals surface area (Å²) in [7, 11) is 0. The molecule has 106 valence electrons. The van der Waals surface area contributed by atoms with Gasteiger partial charge >= 0.3 is 0 Å². The summed E-state index contributed by atoms with van der Waals surface area (Å²) in [6.45, 7) is 12.1. The van der Waals surface area contributed by atoms with E-state index in [2.05, 4.69) is 6.92 Å². The van der Waals surface area contributed by atoms with Gasteiger partial charge in [0.25, 0.3) is 0 Å². The molecule has 4 heteroatoms. The highest BCUT2D eigenvalue weighted by Crippen LogP contribution is 2.28. The molecule has 1 rings (SSSR count). The molecule has 1 aliphatic heterocycles. The Labute approximate surface area is 111 Å². The van der Waals surface area contributed by atoms with Crippen LogP contribution in [-0.2, 0) is 9.53 Å². The van der Waals surface area contributed by atoms with Gasteiger partial charge in [0.05, 0.1) is 11.2 Å². The zero-order valence-corrected chi connectivity index (χ0v) is 12.5. The van der Waals surface area contributed by atoms with Gasteiger partial charge in [0.1, 0.15) is 0 Å². The van der Waals surface area contributed by atoms with Gasteiger partial charge in [0, 0.05) is 19.5 Å². The van der Waals surface area contributed by atoms with E-state index >= 15 is 0 Å². The van der Waals surface area contributed by atoms with Crippen LogP contribution in [0.3, 0.4) is 0 Å². The zero-order valence-electron chi connectivity index (χ0n) is 12.5. The van der Waals surface area contributed by atoms with Gasteiger partial charge in [-0.3, -0.25) is 4.79 Å². The first-order valence-electron chi connectivity index (χ1n) is 6.87. The maximum absolute atomic E-state index is 12.3. The van der Waals surface area contributed by atoms with Gasteiger partial charge in [-0.1, -0.05) is 13.3 Å². The quantitative estimate of drug-likeness (QED) is 0.834. The molecule has 0 saturated carbocycles. The van der Waals surface area contributed by atoms with Gasteiger partial charge in [0.2, 0.25) is 5.91 Å². The van der Waals surface area contributed by atoms with E-state index in [-0.39, 0.29) is 17.1 Å². The second kappa shape index (κ2) is 5.57. The Kier molecular flexibility index (Phi) is 4.78. The van der Waals surface area contributed by atoms with Crippen molar-refractivity contribution in [1.29, 1.82) is 0 Å². The van der Waals surface area contributed by atoms with Gasteiger partial charge in [0.15, 0.2) is 0 Å². The number of ether oxygens (including phenoxy) is 1. The molecule has 0 aliphatic carbocycles. The monoisotopic (exact) mass is 256 g/mol. The molecule has 1 atom stereocenters. The molecule has 0 aromatic carbocycles. The molecule has 4 nitrogen and oxygen atoms in total. The molecule has 1 heterocycles. The van der Waals surface area contributed by atoms with Crippen LogP contribution in [0.15, 0.2) is 0 Å². The third-order valence-electron chi connectivity index (χ3n) is 3.42. The van der Waals surface area contributed by atoms with E-state index in [0.29, 0.717) is 32.0 Å². The molecule has 1 aliphatic rings. The summed E-state index contributed by atoms with van der Waals surface area (Å²) < 4.78 is 5.98. The van der Waals surface area contributed by atoms with Gasteiger partial charge in [-0.15, -0.1) is 0 Å². The molecule has 0 bridgehead atoms. The minimum atomic E-state index is -0.276. The first-order chi connectivity index (χ1) is 8.19. The highest BCUT2D eigenvalue weighted by atomic mass is 16.5. The summed E-state index contributed by atoms with van der Waals surface area (Å²) >= 11 is 0. The van der Waals surface area contributed by atoms with E-state index in [9.17, 15) is 4.79 Å². The highest BCUT2D eigenvalue weighted by Gasteiger charge is 2.39. The minimum Gasteiger partial charge on any atom is -0.366 e. The second-order valence-electron chi connectivity index (χ2n) is 6.59. The topological polar surface area (TPSA) is 55.6 Å². The van der Waals surface area contributed by atoms with Crippen LogP contribution in [0.25, 0.3) is 0 Å². The van der Waals surface area contributed by atoms with Crippen LogP contribution in [0.5, 0.6) is 0 Å². The highest BCUT2D eigenvalue weighted by molar-refractivity contribution is 5.76. The van der Waals surface area contributed by atoms with Crippen LogP contribution in [-0.4, -0.2) is 41.6 Å². The fraction of sp³-hybridized carbons (Fsp3) is 0.929. The SMILES string of the molecule is CCC(CN)CC(=O)N1CC(C)(C)OC(C)(C)C1. The van der Waals surface area contributed by atoms with Crippen molar-refractivity contribution in [2.45, 2.75) is 58.7 Å². The maximum Gasteiger partial charge on any atom is 0.223 e. The largest absolute Gasteiger partial charge is 0.366 e. The molecule has 1 fully saturated rings. The van der Waals surface area contributed by atoms with Crippen LogP contribution in [0.2, 0.25) is 0 Å². The van der Waals surface area contributed by atoms with Gasteiger partial charge in [-0.25, -0.2) is 0 Å². The smallest absolute Gasteiger partial charge is 0.223 e. The Morgan fingerprint density at radius 3 is 2.17 bits per heavy atom. The molecule has 0 aromatic rings. The summed E-state index contributed by atoms with van der Waals surface area (Å²) in [4.78, 5) is 14.2.